The molecular formula is C31H42N8O5S. The van der Waals surface area contributed by atoms with Crippen LogP contribution in [0.2, 0.25) is 0 Å². The Morgan fingerprint density at radius 3 is 2.38 bits per heavy atom. The van der Waals surface area contributed by atoms with Crippen molar-refractivity contribution in [3.8, 4) is 0 Å². The van der Waals surface area contributed by atoms with Crippen molar-refractivity contribution in [1.82, 2.24) is 40.6 Å². The van der Waals surface area contributed by atoms with Crippen LogP contribution in [0.5, 0.6) is 0 Å². The second kappa shape index (κ2) is 15.2. The van der Waals surface area contributed by atoms with Crippen molar-refractivity contribution in [2.24, 2.45) is 11.8 Å². The first-order chi connectivity index (χ1) is 21.4. The normalized spacial score (nSPS) is 20.2. The highest BCUT2D eigenvalue weighted by Gasteiger charge is 2.29. The molecule has 2 bridgehead atoms. The van der Waals surface area contributed by atoms with E-state index in [4.69, 9.17) is 0 Å². The van der Waals surface area contributed by atoms with Crippen LogP contribution in [0.25, 0.3) is 0 Å². The van der Waals surface area contributed by atoms with Crippen LogP contribution in [0.1, 0.15) is 78.9 Å². The molecule has 0 saturated heterocycles. The molecule has 14 heteroatoms. The molecule has 0 unspecified atom stereocenters. The lowest BCUT2D eigenvalue weighted by Crippen LogP contribution is -2.52. The molecular weight excluding hydrogens is 596 g/mol. The Balaban J connectivity index is 1.77. The molecule has 3 heterocycles. The van der Waals surface area contributed by atoms with Gasteiger partial charge in [-0.2, -0.15) is 5.10 Å². The van der Waals surface area contributed by atoms with Crippen molar-refractivity contribution >= 4 is 35.0 Å². The van der Waals surface area contributed by atoms with Gasteiger partial charge in [0, 0.05) is 18.0 Å². The fourth-order valence-corrected chi connectivity index (χ4v) is 6.06. The Bertz CT molecular complexity index is 1490. The van der Waals surface area contributed by atoms with Gasteiger partial charge in [-0.05, 0) is 37.2 Å². The number of aryl methyl sites for hydroxylation is 1. The van der Waals surface area contributed by atoms with Crippen molar-refractivity contribution in [2.45, 2.75) is 72.1 Å². The van der Waals surface area contributed by atoms with E-state index < -0.39 is 42.5 Å². The summed E-state index contributed by atoms with van der Waals surface area (Å²) in [6.45, 7) is 8.27. The maximum Gasteiger partial charge on any atom is 0.271 e. The first-order valence-corrected chi connectivity index (χ1v) is 16.0. The minimum Gasteiger partial charge on any atom is -0.387 e. The van der Waals surface area contributed by atoms with Crippen LogP contribution in [0.3, 0.4) is 0 Å². The highest BCUT2D eigenvalue weighted by Crippen LogP contribution is 2.26. The van der Waals surface area contributed by atoms with Gasteiger partial charge in [-0.3, -0.25) is 19.2 Å². The van der Waals surface area contributed by atoms with Gasteiger partial charge in [0.25, 0.3) is 5.91 Å². The highest BCUT2D eigenvalue weighted by molar-refractivity contribution is 7.09. The van der Waals surface area contributed by atoms with Gasteiger partial charge in [0.05, 0.1) is 18.6 Å². The van der Waals surface area contributed by atoms with Gasteiger partial charge < -0.3 is 26.0 Å². The number of hydrogen-bond acceptors (Lipinski definition) is 9. The fraction of sp³-hybridized carbons (Fsp3) is 0.516. The van der Waals surface area contributed by atoms with E-state index in [0.717, 1.165) is 5.56 Å². The monoisotopic (exact) mass is 638 g/mol. The summed E-state index contributed by atoms with van der Waals surface area (Å²) in [5.41, 5.74) is 1.14. The van der Waals surface area contributed by atoms with Crippen LogP contribution in [0.15, 0.2) is 35.7 Å². The molecule has 4 N–H and O–H groups in total. The molecule has 3 aromatic rings. The molecule has 242 valence electrons. The topological polar surface area (TPSA) is 171 Å². The number of carbonyl (C=O) groups excluding carboxylic acids is 4. The zero-order chi connectivity index (χ0) is 32.7. The number of hydrogen-bond donors (Lipinski definition) is 4. The molecule has 1 aliphatic heterocycles. The number of benzene rings is 1. The molecule has 4 rings (SSSR count). The zero-order valence-corrected chi connectivity index (χ0v) is 27.1. The fourth-order valence-electron chi connectivity index (χ4n) is 5.20. The molecule has 0 radical (unpaired) electrons. The number of rotatable bonds is 6. The lowest BCUT2D eigenvalue weighted by Gasteiger charge is -2.30. The van der Waals surface area contributed by atoms with Crippen LogP contribution in [0.4, 0.5) is 0 Å². The van der Waals surface area contributed by atoms with E-state index in [-0.39, 0.29) is 43.1 Å². The molecule has 0 aliphatic carbocycles. The van der Waals surface area contributed by atoms with Gasteiger partial charge in [-0.25, -0.2) is 14.6 Å². The summed E-state index contributed by atoms with van der Waals surface area (Å²) in [5.74, 6) is -0.947. The minimum atomic E-state index is -0.781. The van der Waals surface area contributed by atoms with E-state index in [1.54, 1.807) is 12.3 Å². The zero-order valence-electron chi connectivity index (χ0n) is 26.3. The maximum atomic E-state index is 13.6. The molecule has 4 amide bonds. The van der Waals surface area contributed by atoms with Gasteiger partial charge in [-0.15, -0.1) is 11.3 Å². The summed E-state index contributed by atoms with van der Waals surface area (Å²) in [5, 5.41) is 25.4. The van der Waals surface area contributed by atoms with Gasteiger partial charge in [0.2, 0.25) is 17.7 Å². The number of nitrogens with one attached hydrogen (secondary N) is 3. The minimum absolute atomic E-state index is 0.0163. The molecule has 45 heavy (non-hydrogen) atoms. The number of aliphatic hydroxyl groups is 1. The van der Waals surface area contributed by atoms with E-state index in [1.807, 2.05) is 58.0 Å². The first kappa shape index (κ1) is 33.7. The number of fused-ring (bicyclic) bond motifs is 3. The van der Waals surface area contributed by atoms with Crippen molar-refractivity contribution < 1.29 is 24.3 Å². The maximum absolute atomic E-state index is 13.6. The summed E-state index contributed by atoms with van der Waals surface area (Å²) < 4.78 is 1.48. The Morgan fingerprint density at radius 2 is 1.71 bits per heavy atom. The molecule has 1 aliphatic rings. The van der Waals surface area contributed by atoms with Crippen LogP contribution in [-0.4, -0.2) is 79.1 Å². The lowest BCUT2D eigenvalue weighted by molar-refractivity contribution is -0.139. The Labute approximate surface area is 266 Å². The number of thiazole rings is 1. The largest absolute Gasteiger partial charge is 0.387 e. The summed E-state index contributed by atoms with van der Waals surface area (Å²) in [6, 6.07) is 7.97. The molecule has 13 nitrogen and oxygen atoms in total. The summed E-state index contributed by atoms with van der Waals surface area (Å²) >= 11 is 1.27. The molecule has 1 aromatic carbocycles. The molecule has 0 spiro atoms. The van der Waals surface area contributed by atoms with Gasteiger partial charge in [0.15, 0.2) is 5.82 Å². The van der Waals surface area contributed by atoms with E-state index in [0.29, 0.717) is 29.5 Å². The average molecular weight is 639 g/mol. The predicted molar refractivity (Wildman–Crippen MR) is 168 cm³/mol. The smallest absolute Gasteiger partial charge is 0.271 e. The Morgan fingerprint density at radius 1 is 1.00 bits per heavy atom. The van der Waals surface area contributed by atoms with E-state index in [9.17, 15) is 24.3 Å². The van der Waals surface area contributed by atoms with E-state index in [1.165, 1.54) is 20.9 Å². The van der Waals surface area contributed by atoms with Crippen LogP contribution < -0.4 is 16.0 Å². The van der Waals surface area contributed by atoms with Crippen LogP contribution in [0, 0.1) is 18.8 Å². The van der Waals surface area contributed by atoms with Gasteiger partial charge in [0.1, 0.15) is 29.7 Å². The second-order valence-corrected chi connectivity index (χ2v) is 13.0. The Kier molecular flexibility index (Phi) is 11.4. The summed E-state index contributed by atoms with van der Waals surface area (Å²) in [7, 11) is 0. The quantitative estimate of drug-likeness (QED) is 0.317. The number of aliphatic hydroxyl groups excluding tert-OH is 1. The number of amides is 4. The number of nitrogens with zero attached hydrogens (tertiary/aromatic N) is 5. The Hall–Kier alpha value is -4.17. The van der Waals surface area contributed by atoms with Gasteiger partial charge in [-0.1, -0.05) is 58.0 Å². The third kappa shape index (κ3) is 9.17. The highest BCUT2D eigenvalue weighted by atomic mass is 32.1. The third-order valence-corrected chi connectivity index (χ3v) is 8.44. The van der Waals surface area contributed by atoms with Crippen LogP contribution in [-0.2, 0) is 27.3 Å². The molecule has 0 saturated carbocycles. The molecule has 3 atom stereocenters. The summed E-state index contributed by atoms with van der Waals surface area (Å²) in [6.07, 6.45) is 0.945. The number of carbonyl (C=O) groups is 4. The van der Waals surface area contributed by atoms with E-state index in [2.05, 4.69) is 31.0 Å². The first-order valence-electron chi connectivity index (χ1n) is 15.1. The third-order valence-electron chi connectivity index (χ3n) is 7.48. The molecule has 2 aromatic heterocycles. The standard InChI is InChI=1S/C31H42N8O5S/c1-18(2)11-23-31-36-25(17-45-31)30(44)35-22(12-21-9-7-6-8-10-21)29-32-20(5)37-39(29)15-27(42)34-24(19(3)4)13-38(28(43)16-40)14-26(41)33-23/h6-10,17-19,22-24,40H,11-16H2,1-5H3,(H,33,41)(H,34,42)(H,35,44)/t22-,23-,24+/m0/s1. The van der Waals surface area contributed by atoms with Crippen molar-refractivity contribution in [3.63, 3.8) is 0 Å². The SMILES string of the molecule is Cc1nc2n(n1)CC(=O)N[C@@H](C(C)C)CN(C(=O)CO)CC(=O)N[C@@H](CC(C)C)c1nc(cs1)C(=O)N[C@H]2Cc1ccccc1. The van der Waals surface area contributed by atoms with Gasteiger partial charge >= 0.3 is 0 Å². The van der Waals surface area contributed by atoms with Crippen molar-refractivity contribution in [1.29, 1.82) is 0 Å². The average Bonchev–Trinajstić information content (AvgIpc) is 3.62. The summed E-state index contributed by atoms with van der Waals surface area (Å²) in [4.78, 5) is 63.5. The lowest BCUT2D eigenvalue weighted by atomic mass is 10.0. The molecule has 0 fully saturated rings. The van der Waals surface area contributed by atoms with Crippen molar-refractivity contribution in [2.75, 3.05) is 19.7 Å². The van der Waals surface area contributed by atoms with Crippen molar-refractivity contribution in [3.05, 3.63) is 63.6 Å². The second-order valence-electron chi connectivity index (χ2n) is 12.1. The van der Waals surface area contributed by atoms with Crippen LogP contribution >= 0.6 is 11.3 Å². The number of aromatic nitrogens is 4. The van der Waals surface area contributed by atoms with E-state index >= 15 is 0 Å². The predicted octanol–water partition coefficient (Wildman–Crippen LogP) is 1.94.